The minimum atomic E-state index is 0.717. The van der Waals surface area contributed by atoms with Crippen molar-refractivity contribution in [2.24, 2.45) is 5.92 Å². The third-order valence-electron chi connectivity index (χ3n) is 6.55. The Kier molecular flexibility index (Phi) is 8.10. The van der Waals surface area contributed by atoms with E-state index >= 15 is 0 Å². The van der Waals surface area contributed by atoms with E-state index in [0.29, 0.717) is 5.92 Å². The van der Waals surface area contributed by atoms with Gasteiger partial charge in [-0.3, -0.25) is 14.8 Å². The normalized spacial score (nSPS) is 15.5. The molecule has 0 radical (unpaired) electrons. The summed E-state index contributed by atoms with van der Waals surface area (Å²) < 4.78 is 11.0. The van der Waals surface area contributed by atoms with Gasteiger partial charge in [-0.1, -0.05) is 36.4 Å². The number of para-hydroxylation sites is 2. The fourth-order valence-corrected chi connectivity index (χ4v) is 4.76. The third kappa shape index (κ3) is 5.85. The summed E-state index contributed by atoms with van der Waals surface area (Å²) in [5.41, 5.74) is 3.70. The highest BCUT2D eigenvalue weighted by Crippen LogP contribution is 2.25. The van der Waals surface area contributed by atoms with E-state index in [0.717, 1.165) is 57.1 Å². The molecule has 3 aromatic rings. The van der Waals surface area contributed by atoms with Gasteiger partial charge in [-0.15, -0.1) is 0 Å². The second kappa shape index (κ2) is 11.4. The zero-order valence-electron chi connectivity index (χ0n) is 19.4. The largest absolute Gasteiger partial charge is 0.496 e. The number of methoxy groups -OCH3 is 2. The maximum absolute atomic E-state index is 5.54. The molecule has 5 nitrogen and oxygen atoms in total. The molecular formula is C27H35N3O2. The molecule has 0 unspecified atom stereocenters. The molecule has 1 saturated heterocycles. The molecule has 1 aromatic heterocycles. The number of piperidine rings is 1. The summed E-state index contributed by atoms with van der Waals surface area (Å²) in [6.07, 6.45) is 4.40. The van der Waals surface area contributed by atoms with E-state index in [1.54, 1.807) is 14.2 Å². The van der Waals surface area contributed by atoms with Crippen LogP contribution in [0.2, 0.25) is 0 Å². The number of pyridine rings is 1. The van der Waals surface area contributed by atoms with Crippen LogP contribution in [0.5, 0.6) is 5.75 Å². The van der Waals surface area contributed by atoms with Crippen molar-refractivity contribution in [3.8, 4) is 5.75 Å². The third-order valence-corrected chi connectivity index (χ3v) is 6.55. The van der Waals surface area contributed by atoms with Crippen LogP contribution in [0, 0.1) is 5.92 Å². The van der Waals surface area contributed by atoms with Crippen LogP contribution in [0.1, 0.15) is 24.0 Å². The SMILES string of the molecule is COCCN(Cc1ccnc2ccccc12)CC1CCN(Cc2ccccc2OC)CC1. The number of hydrogen-bond acceptors (Lipinski definition) is 5. The number of rotatable bonds is 10. The smallest absolute Gasteiger partial charge is 0.123 e. The zero-order chi connectivity index (χ0) is 22.2. The predicted octanol–water partition coefficient (Wildman–Crippen LogP) is 4.60. The van der Waals surface area contributed by atoms with Crippen LogP contribution in [-0.2, 0) is 17.8 Å². The first-order valence-electron chi connectivity index (χ1n) is 11.6. The second-order valence-electron chi connectivity index (χ2n) is 8.75. The van der Waals surface area contributed by atoms with Crippen molar-refractivity contribution in [3.05, 3.63) is 71.9 Å². The molecule has 0 amide bonds. The Morgan fingerprint density at radius 2 is 1.75 bits per heavy atom. The first-order valence-corrected chi connectivity index (χ1v) is 11.6. The molecule has 1 fully saturated rings. The fourth-order valence-electron chi connectivity index (χ4n) is 4.76. The Bertz CT molecular complexity index is 980. The highest BCUT2D eigenvalue weighted by molar-refractivity contribution is 5.81. The molecular weight excluding hydrogens is 398 g/mol. The molecule has 0 atom stereocenters. The molecule has 2 heterocycles. The maximum Gasteiger partial charge on any atom is 0.123 e. The molecule has 0 spiro atoms. The van der Waals surface area contributed by atoms with Crippen LogP contribution < -0.4 is 4.74 Å². The van der Waals surface area contributed by atoms with E-state index in [4.69, 9.17) is 9.47 Å². The Labute approximate surface area is 192 Å². The fraction of sp³-hybridized carbons (Fsp3) is 0.444. The van der Waals surface area contributed by atoms with Crippen LogP contribution in [0.4, 0.5) is 0 Å². The average Bonchev–Trinajstić information content (AvgIpc) is 2.84. The highest BCUT2D eigenvalue weighted by Gasteiger charge is 2.22. The Hall–Kier alpha value is -2.47. The zero-order valence-corrected chi connectivity index (χ0v) is 19.4. The van der Waals surface area contributed by atoms with Gasteiger partial charge in [0.2, 0.25) is 0 Å². The van der Waals surface area contributed by atoms with Crippen molar-refractivity contribution >= 4 is 10.9 Å². The van der Waals surface area contributed by atoms with Crippen molar-refractivity contribution in [1.29, 1.82) is 0 Å². The van der Waals surface area contributed by atoms with Gasteiger partial charge in [0, 0.05) is 50.4 Å². The van der Waals surface area contributed by atoms with E-state index < -0.39 is 0 Å². The minimum absolute atomic E-state index is 0.717. The number of likely N-dealkylation sites (tertiary alicyclic amines) is 1. The van der Waals surface area contributed by atoms with Crippen molar-refractivity contribution < 1.29 is 9.47 Å². The van der Waals surface area contributed by atoms with Crippen LogP contribution in [0.15, 0.2) is 60.8 Å². The first kappa shape index (κ1) is 22.7. The Balaban J connectivity index is 1.35. The van der Waals surface area contributed by atoms with Gasteiger partial charge in [0.05, 0.1) is 19.2 Å². The van der Waals surface area contributed by atoms with E-state index in [9.17, 15) is 0 Å². The standard InChI is InChI=1S/C27H35N3O2/c1-31-18-17-30(20-23-11-14-28-26-9-5-4-8-25(23)26)19-22-12-15-29(16-13-22)21-24-7-3-6-10-27(24)32-2/h3-11,14,22H,12-13,15-21H2,1-2H3. The number of benzene rings is 2. The number of aromatic nitrogens is 1. The molecule has 5 heteroatoms. The van der Waals surface area contributed by atoms with E-state index in [1.165, 1.54) is 29.4 Å². The molecule has 0 saturated carbocycles. The van der Waals surface area contributed by atoms with Gasteiger partial charge in [0.25, 0.3) is 0 Å². The summed E-state index contributed by atoms with van der Waals surface area (Å²) in [4.78, 5) is 9.65. The summed E-state index contributed by atoms with van der Waals surface area (Å²) in [5, 5.41) is 1.25. The number of ether oxygens (including phenoxy) is 2. The molecule has 170 valence electrons. The molecule has 0 bridgehead atoms. The van der Waals surface area contributed by atoms with Crippen LogP contribution in [0.3, 0.4) is 0 Å². The van der Waals surface area contributed by atoms with E-state index in [2.05, 4.69) is 63.3 Å². The maximum atomic E-state index is 5.54. The number of hydrogen-bond donors (Lipinski definition) is 0. The lowest BCUT2D eigenvalue weighted by atomic mass is 9.95. The van der Waals surface area contributed by atoms with Crippen molar-refractivity contribution in [2.75, 3.05) is 47.0 Å². The molecule has 0 aliphatic carbocycles. The lowest BCUT2D eigenvalue weighted by Crippen LogP contribution is -2.39. The number of fused-ring (bicyclic) bond motifs is 1. The van der Waals surface area contributed by atoms with Gasteiger partial charge >= 0.3 is 0 Å². The first-order chi connectivity index (χ1) is 15.8. The molecule has 4 rings (SSSR count). The summed E-state index contributed by atoms with van der Waals surface area (Å²) in [6.45, 7) is 7.01. The van der Waals surface area contributed by atoms with Gasteiger partial charge in [0.15, 0.2) is 0 Å². The molecule has 2 aromatic carbocycles. The van der Waals surface area contributed by atoms with Crippen LogP contribution in [-0.4, -0.2) is 61.8 Å². The predicted molar refractivity (Wildman–Crippen MR) is 130 cm³/mol. The quantitative estimate of drug-likeness (QED) is 0.467. The summed E-state index contributed by atoms with van der Waals surface area (Å²) in [7, 11) is 3.54. The van der Waals surface area contributed by atoms with Crippen molar-refractivity contribution in [3.63, 3.8) is 0 Å². The molecule has 1 aliphatic rings. The average molecular weight is 434 g/mol. The van der Waals surface area contributed by atoms with E-state index in [1.807, 2.05) is 12.3 Å². The highest BCUT2D eigenvalue weighted by atomic mass is 16.5. The van der Waals surface area contributed by atoms with Crippen molar-refractivity contribution in [2.45, 2.75) is 25.9 Å². The molecule has 0 N–H and O–H groups in total. The lowest BCUT2D eigenvalue weighted by Gasteiger charge is -2.35. The number of nitrogens with zero attached hydrogens (tertiary/aromatic N) is 3. The monoisotopic (exact) mass is 433 g/mol. The van der Waals surface area contributed by atoms with Gasteiger partial charge < -0.3 is 9.47 Å². The Morgan fingerprint density at radius 1 is 0.969 bits per heavy atom. The topological polar surface area (TPSA) is 37.8 Å². The van der Waals surface area contributed by atoms with Gasteiger partial charge in [0.1, 0.15) is 5.75 Å². The van der Waals surface area contributed by atoms with Crippen LogP contribution in [0.25, 0.3) is 10.9 Å². The Morgan fingerprint density at radius 3 is 2.56 bits per heavy atom. The van der Waals surface area contributed by atoms with Gasteiger partial charge in [-0.05, 0) is 55.6 Å². The van der Waals surface area contributed by atoms with Crippen molar-refractivity contribution in [1.82, 2.24) is 14.8 Å². The lowest BCUT2D eigenvalue weighted by molar-refractivity contribution is 0.106. The summed E-state index contributed by atoms with van der Waals surface area (Å²) in [5.74, 6) is 1.71. The molecule has 1 aliphatic heterocycles. The van der Waals surface area contributed by atoms with Crippen LogP contribution >= 0.6 is 0 Å². The summed E-state index contributed by atoms with van der Waals surface area (Å²) in [6, 6.07) is 19.0. The van der Waals surface area contributed by atoms with Gasteiger partial charge in [-0.25, -0.2) is 0 Å². The molecule has 32 heavy (non-hydrogen) atoms. The van der Waals surface area contributed by atoms with Gasteiger partial charge in [-0.2, -0.15) is 0 Å². The second-order valence-corrected chi connectivity index (χ2v) is 8.75. The summed E-state index contributed by atoms with van der Waals surface area (Å²) >= 11 is 0. The van der Waals surface area contributed by atoms with E-state index in [-0.39, 0.29) is 0 Å². The minimum Gasteiger partial charge on any atom is -0.496 e.